The summed E-state index contributed by atoms with van der Waals surface area (Å²) in [5.41, 5.74) is 6.08. The van der Waals surface area contributed by atoms with Crippen LogP contribution in [0.25, 0.3) is 0 Å². The van der Waals surface area contributed by atoms with Crippen molar-refractivity contribution in [1.82, 2.24) is 15.1 Å². The summed E-state index contributed by atoms with van der Waals surface area (Å²) in [5.74, 6) is 0.314. The lowest BCUT2D eigenvalue weighted by Gasteiger charge is -2.42. The highest BCUT2D eigenvalue weighted by Gasteiger charge is 2.70. The molecule has 0 saturated carbocycles. The lowest BCUT2D eigenvalue weighted by Crippen LogP contribution is -2.60. The number of hydrogen-bond acceptors (Lipinski definition) is 4. The van der Waals surface area contributed by atoms with Gasteiger partial charge in [0, 0.05) is 25.2 Å². The first-order valence-electron chi connectivity index (χ1n) is 7.80. The molecule has 2 aliphatic rings. The van der Waals surface area contributed by atoms with E-state index < -0.39 is 11.3 Å². The van der Waals surface area contributed by atoms with Gasteiger partial charge < -0.3 is 11.1 Å². The van der Waals surface area contributed by atoms with Crippen molar-refractivity contribution in [2.45, 2.75) is 11.3 Å². The van der Waals surface area contributed by atoms with Gasteiger partial charge >= 0.3 is 6.03 Å². The monoisotopic (exact) mass is 321 g/mol. The summed E-state index contributed by atoms with van der Waals surface area (Å²) in [5, 5.41) is 3.29. The SMILES string of the molecule is CN1C(=O)N(C)C2(c3ccccc3)NC(N)=NC12c1ccccc1. The van der Waals surface area contributed by atoms with E-state index in [0.717, 1.165) is 11.1 Å². The molecule has 122 valence electrons. The van der Waals surface area contributed by atoms with Gasteiger partial charge in [0.15, 0.2) is 11.6 Å². The molecule has 1 fully saturated rings. The number of aliphatic imine (C=N–C) groups is 1. The zero-order valence-corrected chi connectivity index (χ0v) is 13.6. The van der Waals surface area contributed by atoms with Gasteiger partial charge in [-0.3, -0.25) is 9.80 Å². The Kier molecular flexibility index (Phi) is 2.87. The molecule has 2 aromatic carbocycles. The number of urea groups is 1. The molecule has 0 spiro atoms. The number of likely N-dealkylation sites (N-methyl/N-ethyl adjacent to an activating group) is 2. The van der Waals surface area contributed by atoms with E-state index in [1.54, 1.807) is 23.9 Å². The lowest BCUT2D eigenvalue weighted by molar-refractivity contribution is 0.0721. The number of nitrogens with two attached hydrogens (primary N) is 1. The molecule has 0 aromatic heterocycles. The van der Waals surface area contributed by atoms with Crippen LogP contribution in [0.1, 0.15) is 11.1 Å². The molecule has 6 nitrogen and oxygen atoms in total. The van der Waals surface area contributed by atoms with Crippen molar-refractivity contribution in [1.29, 1.82) is 0 Å². The van der Waals surface area contributed by atoms with E-state index in [0.29, 0.717) is 5.96 Å². The summed E-state index contributed by atoms with van der Waals surface area (Å²) in [6.07, 6.45) is 0. The molecule has 6 heteroatoms. The molecular formula is C18H19N5O. The average Bonchev–Trinajstić information content (AvgIpc) is 3.02. The largest absolute Gasteiger partial charge is 0.370 e. The van der Waals surface area contributed by atoms with E-state index in [1.807, 2.05) is 60.7 Å². The molecule has 2 amide bonds. The van der Waals surface area contributed by atoms with Gasteiger partial charge in [-0.25, -0.2) is 9.79 Å². The predicted octanol–water partition coefficient (Wildman–Crippen LogP) is 1.61. The Labute approximate surface area is 140 Å². The number of carbonyl (C=O) groups is 1. The third kappa shape index (κ3) is 1.50. The van der Waals surface area contributed by atoms with E-state index in [2.05, 4.69) is 5.32 Å². The maximum Gasteiger partial charge on any atom is 0.324 e. The van der Waals surface area contributed by atoms with Crippen molar-refractivity contribution in [3.8, 4) is 0 Å². The van der Waals surface area contributed by atoms with Crippen molar-refractivity contribution >= 4 is 12.0 Å². The topological polar surface area (TPSA) is 74.0 Å². The fourth-order valence-corrected chi connectivity index (χ4v) is 3.98. The van der Waals surface area contributed by atoms with Gasteiger partial charge in [0.05, 0.1) is 0 Å². The molecule has 2 heterocycles. The number of hydrogen-bond donors (Lipinski definition) is 2. The number of guanidine groups is 1. The molecule has 1 saturated heterocycles. The number of nitrogens with zero attached hydrogens (tertiary/aromatic N) is 3. The molecular weight excluding hydrogens is 302 g/mol. The highest BCUT2D eigenvalue weighted by Crippen LogP contribution is 2.54. The summed E-state index contributed by atoms with van der Waals surface area (Å²) >= 11 is 0. The number of amides is 2. The summed E-state index contributed by atoms with van der Waals surface area (Å²) in [6.45, 7) is 0. The van der Waals surface area contributed by atoms with Crippen LogP contribution in [0, 0.1) is 0 Å². The number of benzene rings is 2. The third-order valence-corrected chi connectivity index (χ3v) is 5.03. The molecule has 0 bridgehead atoms. The summed E-state index contributed by atoms with van der Waals surface area (Å²) < 4.78 is 0. The third-order valence-electron chi connectivity index (χ3n) is 5.03. The Hall–Kier alpha value is -3.02. The highest BCUT2D eigenvalue weighted by molar-refractivity contribution is 5.89. The van der Waals surface area contributed by atoms with E-state index in [4.69, 9.17) is 10.7 Å². The Bertz CT molecular complexity index is 822. The predicted molar refractivity (Wildman–Crippen MR) is 91.9 cm³/mol. The van der Waals surface area contributed by atoms with E-state index in [9.17, 15) is 4.79 Å². The summed E-state index contributed by atoms with van der Waals surface area (Å²) in [7, 11) is 3.54. The normalized spacial score (nSPS) is 28.6. The van der Waals surface area contributed by atoms with Crippen LogP contribution in [0.2, 0.25) is 0 Å². The minimum Gasteiger partial charge on any atom is -0.370 e. The molecule has 0 aliphatic carbocycles. The second-order valence-electron chi connectivity index (χ2n) is 6.14. The zero-order valence-electron chi connectivity index (χ0n) is 13.6. The van der Waals surface area contributed by atoms with E-state index in [-0.39, 0.29) is 6.03 Å². The smallest absolute Gasteiger partial charge is 0.324 e. The highest BCUT2D eigenvalue weighted by atomic mass is 16.2. The number of nitrogens with one attached hydrogen (secondary N) is 1. The number of rotatable bonds is 2. The van der Waals surface area contributed by atoms with Gasteiger partial charge in [-0.1, -0.05) is 60.7 Å². The first-order chi connectivity index (χ1) is 11.5. The zero-order chi connectivity index (χ0) is 16.9. The first-order valence-corrected chi connectivity index (χ1v) is 7.80. The average molecular weight is 321 g/mol. The van der Waals surface area contributed by atoms with Crippen LogP contribution in [-0.4, -0.2) is 35.9 Å². The molecule has 2 atom stereocenters. The second kappa shape index (κ2) is 4.74. The minimum atomic E-state index is -0.967. The minimum absolute atomic E-state index is 0.119. The van der Waals surface area contributed by atoms with Crippen LogP contribution in [0.5, 0.6) is 0 Å². The van der Waals surface area contributed by atoms with Crippen LogP contribution in [0.15, 0.2) is 65.7 Å². The van der Waals surface area contributed by atoms with Crippen LogP contribution in [0.4, 0.5) is 4.79 Å². The molecule has 0 radical (unpaired) electrons. The fraction of sp³-hybridized carbons (Fsp3) is 0.222. The summed E-state index contributed by atoms with van der Waals surface area (Å²) in [6, 6.07) is 19.5. The van der Waals surface area contributed by atoms with Crippen molar-refractivity contribution in [3.05, 3.63) is 71.8 Å². The Balaban J connectivity index is 2.07. The van der Waals surface area contributed by atoms with E-state index in [1.165, 1.54) is 0 Å². The number of fused-ring (bicyclic) bond motifs is 1. The van der Waals surface area contributed by atoms with Crippen molar-refractivity contribution in [2.24, 2.45) is 10.7 Å². The van der Waals surface area contributed by atoms with Crippen molar-refractivity contribution in [2.75, 3.05) is 14.1 Å². The maximum atomic E-state index is 12.9. The summed E-state index contributed by atoms with van der Waals surface area (Å²) in [4.78, 5) is 20.9. The van der Waals surface area contributed by atoms with Crippen molar-refractivity contribution < 1.29 is 4.79 Å². The number of carbonyl (C=O) groups excluding carboxylic acids is 1. The van der Waals surface area contributed by atoms with Gasteiger partial charge in [0.2, 0.25) is 5.66 Å². The van der Waals surface area contributed by atoms with Crippen LogP contribution >= 0.6 is 0 Å². The van der Waals surface area contributed by atoms with Crippen LogP contribution < -0.4 is 11.1 Å². The van der Waals surface area contributed by atoms with Gasteiger partial charge in [-0.2, -0.15) is 0 Å². The standard InChI is InChI=1S/C18H19N5O/c1-22-16(24)23(2)18(14-11-7-4-8-12-14)17(22,20-15(19)21-18)13-9-5-3-6-10-13/h3-12H,1-2H3,(H3,19,20,21). The van der Waals surface area contributed by atoms with Gasteiger partial charge in [0.25, 0.3) is 0 Å². The van der Waals surface area contributed by atoms with Crippen LogP contribution in [0.3, 0.4) is 0 Å². The molecule has 24 heavy (non-hydrogen) atoms. The van der Waals surface area contributed by atoms with Gasteiger partial charge in [-0.15, -0.1) is 0 Å². The molecule has 2 aromatic rings. The Morgan fingerprint density at radius 3 is 2.04 bits per heavy atom. The Morgan fingerprint density at radius 2 is 1.46 bits per heavy atom. The van der Waals surface area contributed by atoms with Gasteiger partial charge in [0.1, 0.15) is 0 Å². The molecule has 2 unspecified atom stereocenters. The van der Waals surface area contributed by atoms with Crippen molar-refractivity contribution in [3.63, 3.8) is 0 Å². The fourth-order valence-electron chi connectivity index (χ4n) is 3.98. The lowest BCUT2D eigenvalue weighted by atomic mass is 9.81. The Morgan fingerprint density at radius 1 is 0.917 bits per heavy atom. The van der Waals surface area contributed by atoms with Gasteiger partial charge in [-0.05, 0) is 0 Å². The van der Waals surface area contributed by atoms with E-state index >= 15 is 0 Å². The first kappa shape index (κ1) is 14.6. The molecule has 4 rings (SSSR count). The molecule has 3 N–H and O–H groups in total. The molecule has 2 aliphatic heterocycles. The van der Waals surface area contributed by atoms with Crippen LogP contribution in [-0.2, 0) is 11.3 Å². The quantitative estimate of drug-likeness (QED) is 0.882. The second-order valence-corrected chi connectivity index (χ2v) is 6.14. The maximum absolute atomic E-state index is 12.9.